The Hall–Kier alpha value is -0.590. The Labute approximate surface area is 113 Å². The molecule has 2 rings (SSSR count). The van der Waals surface area contributed by atoms with Crippen LogP contribution in [-0.4, -0.2) is 32.0 Å². The number of hydrogen-bond donors (Lipinski definition) is 2. The van der Waals surface area contributed by atoms with Gasteiger partial charge in [0.1, 0.15) is 0 Å². The van der Waals surface area contributed by atoms with Crippen molar-refractivity contribution in [2.45, 2.75) is 49.8 Å². The lowest BCUT2D eigenvalue weighted by Gasteiger charge is -2.23. The molecule has 1 aromatic rings. The smallest absolute Gasteiger partial charge is 0.0843 e. The fourth-order valence-corrected chi connectivity index (χ4v) is 3.78. The van der Waals surface area contributed by atoms with E-state index in [9.17, 15) is 0 Å². The van der Waals surface area contributed by atoms with Crippen LogP contribution in [0.5, 0.6) is 0 Å². The maximum Gasteiger partial charge on any atom is 0.0843 e. The summed E-state index contributed by atoms with van der Waals surface area (Å²) >= 11 is 2.06. The number of nitrogens with two attached hydrogens (primary N) is 1. The molecule has 0 bridgehead atoms. The van der Waals surface area contributed by atoms with Crippen LogP contribution in [0.2, 0.25) is 0 Å². The molecule has 3 N–H and O–H groups in total. The highest BCUT2D eigenvalue weighted by Crippen LogP contribution is 2.28. The summed E-state index contributed by atoms with van der Waals surface area (Å²) < 4.78 is 1.73. The van der Waals surface area contributed by atoms with Gasteiger partial charge in [-0.1, -0.05) is 24.5 Å². The van der Waals surface area contributed by atoms with Gasteiger partial charge in [-0.25, -0.2) is 0 Å². The highest BCUT2D eigenvalue weighted by molar-refractivity contribution is 7.99. The van der Waals surface area contributed by atoms with Gasteiger partial charge in [-0.05, 0) is 12.8 Å². The molecule has 0 amide bonds. The van der Waals surface area contributed by atoms with E-state index < -0.39 is 0 Å². The van der Waals surface area contributed by atoms with Crippen molar-refractivity contribution in [2.75, 3.05) is 5.75 Å². The monoisotopic (exact) mass is 269 g/mol. The predicted octanol–water partition coefficient (Wildman–Crippen LogP) is 1.26. The summed E-state index contributed by atoms with van der Waals surface area (Å²) in [6.07, 6.45) is 9.74. The van der Waals surface area contributed by atoms with Crippen molar-refractivity contribution >= 4 is 11.8 Å². The minimum absolute atomic E-state index is 0.286. The molecule has 5 nitrogen and oxygen atoms in total. The first-order valence-electron chi connectivity index (χ1n) is 6.71. The molecule has 1 heterocycles. The summed E-state index contributed by atoms with van der Waals surface area (Å²) in [7, 11) is 1.89. The first-order chi connectivity index (χ1) is 8.78. The molecule has 0 aliphatic heterocycles. The number of nitrogens with zero attached hydrogens (tertiary/aromatic N) is 3. The molecule has 1 atom stereocenters. The van der Waals surface area contributed by atoms with E-state index in [1.807, 2.05) is 13.2 Å². The Bertz CT molecular complexity index is 348. The van der Waals surface area contributed by atoms with Crippen LogP contribution in [0, 0.1) is 0 Å². The molecule has 102 valence electrons. The molecule has 0 radical (unpaired) electrons. The van der Waals surface area contributed by atoms with Crippen LogP contribution in [0.3, 0.4) is 0 Å². The number of rotatable bonds is 6. The zero-order valence-corrected chi connectivity index (χ0v) is 11.8. The van der Waals surface area contributed by atoms with Crippen LogP contribution in [0.1, 0.15) is 37.8 Å². The largest absolute Gasteiger partial charge is 0.271 e. The van der Waals surface area contributed by atoms with Gasteiger partial charge in [0.05, 0.1) is 5.69 Å². The molecule has 1 aromatic heterocycles. The first kappa shape index (κ1) is 13.8. The normalized spacial score (nSPS) is 19.0. The van der Waals surface area contributed by atoms with Gasteiger partial charge in [0, 0.05) is 36.7 Å². The van der Waals surface area contributed by atoms with Gasteiger partial charge in [0.25, 0.3) is 0 Å². The topological polar surface area (TPSA) is 68.8 Å². The number of hydrogen-bond acceptors (Lipinski definition) is 5. The Kier molecular flexibility index (Phi) is 5.46. The van der Waals surface area contributed by atoms with E-state index in [0.29, 0.717) is 0 Å². The second-order valence-electron chi connectivity index (χ2n) is 5.04. The van der Waals surface area contributed by atoms with Crippen molar-refractivity contribution in [3.8, 4) is 0 Å². The third-order valence-corrected chi connectivity index (χ3v) is 4.96. The standard InChI is InChI=1S/C12H23N5S/c1-17-8-10(15-16-17)7-11(14-13)9-18-12-5-3-2-4-6-12/h8,11-12,14H,2-7,9,13H2,1H3. The fraction of sp³-hybridized carbons (Fsp3) is 0.833. The second kappa shape index (κ2) is 7.11. The highest BCUT2D eigenvalue weighted by atomic mass is 32.2. The highest BCUT2D eigenvalue weighted by Gasteiger charge is 2.17. The molecule has 0 saturated heterocycles. The summed E-state index contributed by atoms with van der Waals surface area (Å²) in [5.41, 5.74) is 3.91. The SMILES string of the molecule is Cn1cc(CC(CSC2CCCCC2)NN)nn1. The number of hydrazine groups is 1. The zero-order chi connectivity index (χ0) is 12.8. The molecular weight excluding hydrogens is 246 g/mol. The van der Waals surface area contributed by atoms with Crippen molar-refractivity contribution in [2.24, 2.45) is 12.9 Å². The van der Waals surface area contributed by atoms with Crippen LogP contribution in [0.15, 0.2) is 6.20 Å². The lowest BCUT2D eigenvalue weighted by Crippen LogP contribution is -2.39. The molecule has 1 fully saturated rings. The third kappa shape index (κ3) is 4.26. The molecule has 0 spiro atoms. The summed E-state index contributed by atoms with van der Waals surface area (Å²) in [6.45, 7) is 0. The Balaban J connectivity index is 1.74. The van der Waals surface area contributed by atoms with Crippen LogP contribution in [0.4, 0.5) is 0 Å². The van der Waals surface area contributed by atoms with Crippen molar-refractivity contribution in [3.63, 3.8) is 0 Å². The lowest BCUT2D eigenvalue weighted by atomic mass is 10.0. The number of aromatic nitrogens is 3. The van der Waals surface area contributed by atoms with E-state index in [-0.39, 0.29) is 6.04 Å². The number of nitrogens with one attached hydrogen (secondary N) is 1. The van der Waals surface area contributed by atoms with E-state index in [1.54, 1.807) is 4.68 Å². The molecule has 1 unspecified atom stereocenters. The molecule has 6 heteroatoms. The van der Waals surface area contributed by atoms with Gasteiger partial charge in [-0.2, -0.15) is 11.8 Å². The summed E-state index contributed by atoms with van der Waals surface area (Å²) in [4.78, 5) is 0. The molecule has 1 saturated carbocycles. The van der Waals surface area contributed by atoms with Crippen LogP contribution < -0.4 is 11.3 Å². The number of aryl methyl sites for hydroxylation is 1. The fourth-order valence-electron chi connectivity index (χ4n) is 2.39. The zero-order valence-electron chi connectivity index (χ0n) is 11.0. The average Bonchev–Trinajstić information content (AvgIpc) is 2.81. The molecule has 1 aliphatic carbocycles. The maximum absolute atomic E-state index is 5.62. The van der Waals surface area contributed by atoms with E-state index in [1.165, 1.54) is 32.1 Å². The molecule has 1 aliphatic rings. The maximum atomic E-state index is 5.62. The molecule has 0 aromatic carbocycles. The van der Waals surface area contributed by atoms with E-state index in [4.69, 9.17) is 5.84 Å². The quantitative estimate of drug-likeness (QED) is 0.601. The van der Waals surface area contributed by atoms with Crippen LogP contribution in [-0.2, 0) is 13.5 Å². The molecular formula is C12H23N5S. The van der Waals surface area contributed by atoms with Gasteiger partial charge in [0.15, 0.2) is 0 Å². The van der Waals surface area contributed by atoms with Gasteiger partial charge >= 0.3 is 0 Å². The summed E-state index contributed by atoms with van der Waals surface area (Å²) in [6, 6.07) is 0.286. The van der Waals surface area contributed by atoms with Gasteiger partial charge < -0.3 is 0 Å². The van der Waals surface area contributed by atoms with Gasteiger partial charge in [-0.15, -0.1) is 5.10 Å². The van der Waals surface area contributed by atoms with E-state index in [2.05, 4.69) is 27.5 Å². The molecule has 18 heavy (non-hydrogen) atoms. The minimum atomic E-state index is 0.286. The van der Waals surface area contributed by atoms with Gasteiger partial charge in [0.2, 0.25) is 0 Å². The summed E-state index contributed by atoms with van der Waals surface area (Å²) in [5, 5.41) is 8.88. The van der Waals surface area contributed by atoms with Crippen molar-refractivity contribution in [1.29, 1.82) is 0 Å². The van der Waals surface area contributed by atoms with Gasteiger partial charge in [-0.3, -0.25) is 16.0 Å². The number of thioether (sulfide) groups is 1. The Morgan fingerprint density at radius 3 is 2.89 bits per heavy atom. The second-order valence-corrected chi connectivity index (χ2v) is 6.38. The van der Waals surface area contributed by atoms with E-state index >= 15 is 0 Å². The lowest BCUT2D eigenvalue weighted by molar-refractivity contribution is 0.512. The Morgan fingerprint density at radius 1 is 1.50 bits per heavy atom. The predicted molar refractivity (Wildman–Crippen MR) is 75.1 cm³/mol. The van der Waals surface area contributed by atoms with Crippen molar-refractivity contribution in [3.05, 3.63) is 11.9 Å². The van der Waals surface area contributed by atoms with Crippen molar-refractivity contribution < 1.29 is 0 Å². The van der Waals surface area contributed by atoms with Crippen LogP contribution >= 0.6 is 11.8 Å². The third-order valence-electron chi connectivity index (χ3n) is 3.43. The van der Waals surface area contributed by atoms with E-state index in [0.717, 1.165) is 23.1 Å². The van der Waals surface area contributed by atoms with Crippen molar-refractivity contribution in [1.82, 2.24) is 20.4 Å². The minimum Gasteiger partial charge on any atom is -0.271 e. The summed E-state index contributed by atoms with van der Waals surface area (Å²) in [5.74, 6) is 6.68. The average molecular weight is 269 g/mol. The first-order valence-corrected chi connectivity index (χ1v) is 7.75. The van der Waals surface area contributed by atoms with Crippen LogP contribution in [0.25, 0.3) is 0 Å². The Morgan fingerprint density at radius 2 is 2.28 bits per heavy atom.